The summed E-state index contributed by atoms with van der Waals surface area (Å²) in [6.45, 7) is 5.99. The van der Waals surface area contributed by atoms with Crippen molar-refractivity contribution < 1.29 is 14.3 Å². The van der Waals surface area contributed by atoms with Gasteiger partial charge in [-0.25, -0.2) is 0 Å². The summed E-state index contributed by atoms with van der Waals surface area (Å²) in [4.78, 5) is 12.0. The van der Waals surface area contributed by atoms with Crippen molar-refractivity contribution in [3.8, 4) is 0 Å². The van der Waals surface area contributed by atoms with Gasteiger partial charge < -0.3 is 0 Å². The van der Waals surface area contributed by atoms with Gasteiger partial charge in [0.15, 0.2) is 0 Å². The van der Waals surface area contributed by atoms with E-state index < -0.39 is 0 Å². The summed E-state index contributed by atoms with van der Waals surface area (Å²) in [7, 11) is 1.59. The molecule has 4 heteroatoms. The average Bonchev–Trinajstić information content (AvgIpc) is 2.48. The summed E-state index contributed by atoms with van der Waals surface area (Å²) in [5, 5.41) is 0. The van der Waals surface area contributed by atoms with Gasteiger partial charge in [0.05, 0.1) is 0 Å². The fourth-order valence-electron chi connectivity index (χ4n) is 1.70. The van der Waals surface area contributed by atoms with Gasteiger partial charge in [0, 0.05) is 0 Å². The average molecular weight is 353 g/mol. The van der Waals surface area contributed by atoms with Crippen molar-refractivity contribution in [1.82, 2.24) is 0 Å². The van der Waals surface area contributed by atoms with Crippen LogP contribution in [0.15, 0.2) is 54.6 Å². The summed E-state index contributed by atoms with van der Waals surface area (Å²) < 4.78 is 11.6. The van der Waals surface area contributed by atoms with Gasteiger partial charge in [-0.05, 0) is 0 Å². The molecule has 1 aromatic rings. The first-order chi connectivity index (χ1) is 10.2. The zero-order valence-corrected chi connectivity index (χ0v) is 14.3. The molecule has 0 bridgehead atoms. The predicted octanol–water partition coefficient (Wildman–Crippen LogP) is 2.44. The van der Waals surface area contributed by atoms with E-state index in [9.17, 15) is 4.79 Å². The Balaban J connectivity index is 2.41. The van der Waals surface area contributed by atoms with E-state index in [1.807, 2.05) is 37.3 Å². The Kier molecular flexibility index (Phi) is 8.95. The van der Waals surface area contributed by atoms with E-state index >= 15 is 0 Å². The van der Waals surface area contributed by atoms with E-state index in [1.165, 1.54) is 0 Å². The molecule has 0 aliphatic carbocycles. The van der Waals surface area contributed by atoms with Crippen LogP contribution in [-0.4, -0.2) is 39.6 Å². The number of benzene rings is 1. The predicted molar refractivity (Wildman–Crippen MR) is 86.8 cm³/mol. The van der Waals surface area contributed by atoms with Crippen LogP contribution in [0.5, 0.6) is 0 Å². The van der Waals surface area contributed by atoms with Gasteiger partial charge in [-0.2, -0.15) is 0 Å². The Morgan fingerprint density at radius 3 is 2.71 bits per heavy atom. The zero-order chi connectivity index (χ0) is 15.5. The van der Waals surface area contributed by atoms with E-state index in [-0.39, 0.29) is 32.5 Å². The van der Waals surface area contributed by atoms with Crippen LogP contribution >= 0.6 is 0 Å². The SMILES string of the molecule is C=CC(CC/C(C)=C/C(=O)[Se]c1ccccc1)OCOC. The molecule has 0 spiro atoms. The summed E-state index contributed by atoms with van der Waals surface area (Å²) in [6.07, 6.45) is 5.10. The molecule has 1 atom stereocenters. The standard InChI is InChI=1S/C17H22O3Se/c1-4-15(20-13-19-3)11-10-14(2)12-17(18)21-16-8-6-5-7-9-16/h4-9,12,15H,1,10-11,13H2,2-3H3/b14-12+. The summed E-state index contributed by atoms with van der Waals surface area (Å²) in [5.74, 6) is 0. The molecule has 0 saturated heterocycles. The number of rotatable bonds is 10. The Bertz CT molecular complexity index is 468. The molecule has 21 heavy (non-hydrogen) atoms. The van der Waals surface area contributed by atoms with Crippen LogP contribution < -0.4 is 4.46 Å². The normalized spacial score (nSPS) is 13.0. The molecular formula is C17H22O3Se. The van der Waals surface area contributed by atoms with Crippen molar-refractivity contribution in [1.29, 1.82) is 0 Å². The molecule has 1 aromatic carbocycles. The van der Waals surface area contributed by atoms with Gasteiger partial charge in [0.2, 0.25) is 0 Å². The number of methoxy groups -OCH3 is 1. The maximum absolute atomic E-state index is 12.0. The monoisotopic (exact) mass is 354 g/mol. The third-order valence-electron chi connectivity index (χ3n) is 2.81. The molecule has 0 aliphatic rings. The van der Waals surface area contributed by atoms with Crippen LogP contribution in [0.1, 0.15) is 19.8 Å². The second kappa shape index (κ2) is 10.5. The molecule has 0 amide bonds. The van der Waals surface area contributed by atoms with Crippen LogP contribution in [0.25, 0.3) is 0 Å². The van der Waals surface area contributed by atoms with Crippen molar-refractivity contribution in [3.63, 3.8) is 0 Å². The van der Waals surface area contributed by atoms with Crippen LogP contribution in [0, 0.1) is 0 Å². The molecule has 0 heterocycles. The van der Waals surface area contributed by atoms with E-state index in [2.05, 4.69) is 6.58 Å². The Labute approximate surface area is 133 Å². The Morgan fingerprint density at radius 1 is 1.38 bits per heavy atom. The molecule has 0 fully saturated rings. The Morgan fingerprint density at radius 2 is 2.10 bits per heavy atom. The first-order valence-corrected chi connectivity index (χ1v) is 8.54. The van der Waals surface area contributed by atoms with Gasteiger partial charge >= 0.3 is 133 Å². The molecular weight excluding hydrogens is 331 g/mol. The number of hydrogen-bond acceptors (Lipinski definition) is 3. The number of carbonyl (C=O) groups excluding carboxylic acids is 1. The van der Waals surface area contributed by atoms with E-state index in [4.69, 9.17) is 9.47 Å². The van der Waals surface area contributed by atoms with Gasteiger partial charge in [0.25, 0.3) is 0 Å². The first kappa shape index (κ1) is 17.9. The topological polar surface area (TPSA) is 35.5 Å². The molecule has 0 N–H and O–H groups in total. The minimum absolute atomic E-state index is 0.0389. The minimum atomic E-state index is -0.146. The van der Waals surface area contributed by atoms with Gasteiger partial charge in [0.1, 0.15) is 0 Å². The van der Waals surface area contributed by atoms with Crippen LogP contribution in [0.4, 0.5) is 0 Å². The molecule has 0 aromatic heterocycles. The number of ether oxygens (including phenoxy) is 2. The second-order valence-corrected chi connectivity index (χ2v) is 6.87. The number of allylic oxidation sites excluding steroid dienone is 2. The van der Waals surface area contributed by atoms with Crippen LogP contribution in [-0.2, 0) is 14.3 Å². The van der Waals surface area contributed by atoms with Crippen molar-refractivity contribution in [2.75, 3.05) is 13.9 Å². The number of carbonyl (C=O) groups is 1. The molecule has 1 rings (SSSR count). The summed E-state index contributed by atoms with van der Waals surface area (Å²) in [5.41, 5.74) is 1.07. The number of hydrogen-bond donors (Lipinski definition) is 0. The van der Waals surface area contributed by atoms with E-state index in [1.54, 1.807) is 19.3 Å². The van der Waals surface area contributed by atoms with Crippen molar-refractivity contribution in [2.24, 2.45) is 0 Å². The molecule has 3 nitrogen and oxygen atoms in total. The fraction of sp³-hybridized carbons (Fsp3) is 0.353. The van der Waals surface area contributed by atoms with E-state index in [0.29, 0.717) is 0 Å². The van der Waals surface area contributed by atoms with Gasteiger partial charge in [-0.15, -0.1) is 0 Å². The van der Waals surface area contributed by atoms with Crippen LogP contribution in [0.2, 0.25) is 0 Å². The van der Waals surface area contributed by atoms with Gasteiger partial charge in [-0.1, -0.05) is 0 Å². The molecule has 0 saturated carbocycles. The fourth-order valence-corrected chi connectivity index (χ4v) is 3.35. The first-order valence-electron chi connectivity index (χ1n) is 6.83. The molecule has 114 valence electrons. The molecule has 0 aliphatic heterocycles. The molecule has 0 radical (unpaired) electrons. The van der Waals surface area contributed by atoms with Gasteiger partial charge in [-0.3, -0.25) is 0 Å². The summed E-state index contributed by atoms with van der Waals surface area (Å²) in [6, 6.07) is 9.87. The van der Waals surface area contributed by atoms with Crippen molar-refractivity contribution >= 4 is 24.1 Å². The third kappa shape index (κ3) is 7.98. The Hall–Kier alpha value is -1.19. The van der Waals surface area contributed by atoms with E-state index in [0.717, 1.165) is 22.9 Å². The second-order valence-electron chi connectivity index (χ2n) is 4.61. The van der Waals surface area contributed by atoms with Crippen LogP contribution in [0.3, 0.4) is 0 Å². The third-order valence-corrected chi connectivity index (χ3v) is 4.55. The summed E-state index contributed by atoms with van der Waals surface area (Å²) >= 11 is -0.146. The molecule has 1 unspecified atom stereocenters. The van der Waals surface area contributed by atoms with Crippen molar-refractivity contribution in [2.45, 2.75) is 25.9 Å². The maximum atomic E-state index is 12.0. The van der Waals surface area contributed by atoms with Crippen molar-refractivity contribution in [3.05, 3.63) is 54.6 Å². The zero-order valence-electron chi connectivity index (χ0n) is 12.6. The quantitative estimate of drug-likeness (QED) is 0.281.